The van der Waals surface area contributed by atoms with E-state index in [9.17, 15) is 9.18 Å². The van der Waals surface area contributed by atoms with E-state index in [1.165, 1.54) is 12.1 Å². The van der Waals surface area contributed by atoms with Crippen LogP contribution in [-0.2, 0) is 31.0 Å². The van der Waals surface area contributed by atoms with Crippen molar-refractivity contribution in [2.45, 2.75) is 32.6 Å². The molecule has 7 heteroatoms. The lowest BCUT2D eigenvalue weighted by Gasteiger charge is -2.16. The van der Waals surface area contributed by atoms with Gasteiger partial charge in [0.1, 0.15) is 5.82 Å². The van der Waals surface area contributed by atoms with Crippen molar-refractivity contribution in [2.24, 2.45) is 0 Å². The van der Waals surface area contributed by atoms with Crippen molar-refractivity contribution in [2.75, 3.05) is 20.1 Å². The first-order valence-corrected chi connectivity index (χ1v) is 8.56. The summed E-state index contributed by atoms with van der Waals surface area (Å²) in [5, 5.41) is 10.8. The molecule has 1 aliphatic rings. The van der Waals surface area contributed by atoms with E-state index in [1.54, 1.807) is 12.1 Å². The summed E-state index contributed by atoms with van der Waals surface area (Å²) in [6.45, 7) is 4.06. The van der Waals surface area contributed by atoms with Crippen LogP contribution in [0.2, 0.25) is 0 Å². The monoisotopic (exact) mass is 345 g/mol. The Morgan fingerprint density at radius 1 is 1.40 bits per heavy atom. The number of hydrogen-bond donors (Lipinski definition) is 2. The van der Waals surface area contributed by atoms with Crippen molar-refractivity contribution in [1.29, 1.82) is 0 Å². The number of aryl methyl sites for hydroxylation is 1. The van der Waals surface area contributed by atoms with Crippen LogP contribution in [0.25, 0.3) is 0 Å². The van der Waals surface area contributed by atoms with E-state index in [1.807, 2.05) is 22.7 Å². The van der Waals surface area contributed by atoms with Gasteiger partial charge in [-0.25, -0.2) is 4.39 Å². The van der Waals surface area contributed by atoms with Crippen molar-refractivity contribution in [3.8, 4) is 0 Å². The quantitative estimate of drug-likeness (QED) is 0.828. The van der Waals surface area contributed by atoms with Crippen LogP contribution in [0.1, 0.15) is 23.4 Å². The number of benzene rings is 1. The highest BCUT2D eigenvalue weighted by Gasteiger charge is 2.12. The summed E-state index contributed by atoms with van der Waals surface area (Å²) in [7, 11) is 1.87. The van der Waals surface area contributed by atoms with E-state index in [4.69, 9.17) is 0 Å². The van der Waals surface area contributed by atoms with Gasteiger partial charge in [0.05, 0.1) is 24.5 Å². The van der Waals surface area contributed by atoms with Gasteiger partial charge in [0, 0.05) is 19.6 Å². The first kappa shape index (κ1) is 17.6. The van der Waals surface area contributed by atoms with Gasteiger partial charge in [-0.1, -0.05) is 12.1 Å². The minimum atomic E-state index is -0.252. The largest absolute Gasteiger partial charge is 0.349 e. The number of likely N-dealkylation sites (N-methyl/N-ethyl adjacent to an activating group) is 1. The van der Waals surface area contributed by atoms with Gasteiger partial charge in [-0.2, -0.15) is 5.10 Å². The fourth-order valence-corrected chi connectivity index (χ4v) is 2.96. The summed E-state index contributed by atoms with van der Waals surface area (Å²) in [6.07, 6.45) is 1.06. The van der Waals surface area contributed by atoms with E-state index >= 15 is 0 Å². The molecule has 0 radical (unpaired) electrons. The fraction of sp³-hybridized carbons (Fsp3) is 0.444. The molecule has 1 amide bonds. The lowest BCUT2D eigenvalue weighted by Crippen LogP contribution is -2.34. The van der Waals surface area contributed by atoms with E-state index in [0.717, 1.165) is 43.0 Å². The van der Waals surface area contributed by atoms with Crippen LogP contribution in [0.15, 0.2) is 30.3 Å². The Bertz CT molecular complexity index is 689. The number of carbonyl (C=O) groups excluding carboxylic acids is 1. The lowest BCUT2D eigenvalue weighted by atomic mass is 10.2. The second-order valence-corrected chi connectivity index (χ2v) is 6.46. The molecule has 2 heterocycles. The zero-order valence-electron chi connectivity index (χ0n) is 14.5. The van der Waals surface area contributed by atoms with Crippen LogP contribution >= 0.6 is 0 Å². The predicted molar refractivity (Wildman–Crippen MR) is 93.1 cm³/mol. The third-order valence-corrected chi connectivity index (χ3v) is 4.19. The first-order chi connectivity index (χ1) is 12.1. The molecular formula is C18H24FN5O. The highest BCUT2D eigenvalue weighted by atomic mass is 19.1. The maximum absolute atomic E-state index is 12.9. The molecule has 1 aromatic heterocycles. The zero-order chi connectivity index (χ0) is 17.6. The van der Waals surface area contributed by atoms with Crippen LogP contribution in [0.3, 0.4) is 0 Å². The summed E-state index contributed by atoms with van der Waals surface area (Å²) in [5.41, 5.74) is 3.02. The Hall–Kier alpha value is -2.25. The minimum absolute atomic E-state index is 0.0501. The molecule has 25 heavy (non-hydrogen) atoms. The standard InChI is InChI=1S/C18H24FN5O/c1-23(12-14-3-5-15(19)6-4-14)13-18(25)21-10-16-9-17-11-20-7-2-8-24(17)22-16/h3-6,9,20H,2,7-8,10-13H2,1H3,(H,21,25). The van der Waals surface area contributed by atoms with E-state index < -0.39 is 0 Å². The molecule has 6 nitrogen and oxygen atoms in total. The molecule has 0 saturated carbocycles. The molecule has 1 aliphatic heterocycles. The van der Waals surface area contributed by atoms with Crippen LogP contribution in [0.5, 0.6) is 0 Å². The summed E-state index contributed by atoms with van der Waals surface area (Å²) in [5.74, 6) is -0.302. The van der Waals surface area contributed by atoms with Gasteiger partial charge in [-0.05, 0) is 43.8 Å². The maximum Gasteiger partial charge on any atom is 0.234 e. The highest BCUT2D eigenvalue weighted by Crippen LogP contribution is 2.08. The van der Waals surface area contributed by atoms with Gasteiger partial charge in [0.2, 0.25) is 5.91 Å². The third kappa shape index (κ3) is 5.11. The Balaban J connectivity index is 1.45. The average molecular weight is 345 g/mol. The summed E-state index contributed by atoms with van der Waals surface area (Å²) in [4.78, 5) is 14.0. The van der Waals surface area contributed by atoms with Gasteiger partial charge in [-0.15, -0.1) is 0 Å². The normalized spacial score (nSPS) is 14.2. The summed E-state index contributed by atoms with van der Waals surface area (Å²) >= 11 is 0. The van der Waals surface area contributed by atoms with Crippen molar-refractivity contribution >= 4 is 5.91 Å². The molecule has 0 fully saturated rings. The third-order valence-electron chi connectivity index (χ3n) is 4.19. The SMILES string of the molecule is CN(CC(=O)NCc1cc2n(n1)CCCNC2)Cc1ccc(F)cc1. The van der Waals surface area contributed by atoms with Crippen molar-refractivity contribution in [3.63, 3.8) is 0 Å². The number of fused-ring (bicyclic) bond motifs is 1. The maximum atomic E-state index is 12.9. The van der Waals surface area contributed by atoms with E-state index in [2.05, 4.69) is 15.7 Å². The highest BCUT2D eigenvalue weighted by molar-refractivity contribution is 5.77. The molecule has 0 aliphatic carbocycles. The second kappa shape index (κ2) is 8.22. The first-order valence-electron chi connectivity index (χ1n) is 8.56. The number of rotatable bonds is 6. The van der Waals surface area contributed by atoms with Gasteiger partial charge < -0.3 is 10.6 Å². The Kier molecular flexibility index (Phi) is 5.78. The number of hydrogen-bond acceptors (Lipinski definition) is 4. The molecule has 2 aromatic rings. The van der Waals surface area contributed by atoms with Gasteiger partial charge in [-0.3, -0.25) is 14.4 Å². The minimum Gasteiger partial charge on any atom is -0.349 e. The molecule has 2 N–H and O–H groups in total. The topological polar surface area (TPSA) is 62.2 Å². The lowest BCUT2D eigenvalue weighted by molar-refractivity contribution is -0.122. The Labute approximate surface area is 147 Å². The van der Waals surface area contributed by atoms with Gasteiger partial charge >= 0.3 is 0 Å². The van der Waals surface area contributed by atoms with Crippen molar-refractivity contribution in [1.82, 2.24) is 25.3 Å². The molecule has 3 rings (SSSR count). The number of nitrogens with zero attached hydrogens (tertiary/aromatic N) is 3. The van der Waals surface area contributed by atoms with Crippen molar-refractivity contribution in [3.05, 3.63) is 53.1 Å². The molecule has 0 saturated heterocycles. The number of aromatic nitrogens is 2. The summed E-state index contributed by atoms with van der Waals surface area (Å²) < 4.78 is 14.9. The molecule has 134 valence electrons. The van der Waals surface area contributed by atoms with Crippen LogP contribution in [0, 0.1) is 5.82 Å². The molecule has 0 unspecified atom stereocenters. The van der Waals surface area contributed by atoms with Crippen LogP contribution < -0.4 is 10.6 Å². The molecule has 0 spiro atoms. The zero-order valence-corrected chi connectivity index (χ0v) is 14.5. The molecule has 1 aromatic carbocycles. The second-order valence-electron chi connectivity index (χ2n) is 6.46. The summed E-state index contributed by atoms with van der Waals surface area (Å²) in [6, 6.07) is 8.37. The van der Waals surface area contributed by atoms with Gasteiger partial charge in [0.15, 0.2) is 0 Å². The molecular weight excluding hydrogens is 321 g/mol. The average Bonchev–Trinajstić information content (AvgIpc) is 2.84. The Morgan fingerprint density at radius 2 is 2.20 bits per heavy atom. The predicted octanol–water partition coefficient (Wildman–Crippen LogP) is 1.26. The van der Waals surface area contributed by atoms with Gasteiger partial charge in [0.25, 0.3) is 0 Å². The number of halogens is 1. The Morgan fingerprint density at radius 3 is 3.00 bits per heavy atom. The number of amides is 1. The van der Waals surface area contributed by atoms with Crippen LogP contribution in [0.4, 0.5) is 4.39 Å². The smallest absolute Gasteiger partial charge is 0.234 e. The van der Waals surface area contributed by atoms with Crippen LogP contribution in [-0.4, -0.2) is 40.7 Å². The molecule has 0 bridgehead atoms. The number of carbonyl (C=O) groups is 1. The van der Waals surface area contributed by atoms with Crippen molar-refractivity contribution < 1.29 is 9.18 Å². The number of nitrogens with one attached hydrogen (secondary N) is 2. The van der Waals surface area contributed by atoms with E-state index in [-0.39, 0.29) is 18.3 Å². The fourth-order valence-electron chi connectivity index (χ4n) is 2.96. The molecule has 0 atom stereocenters. The van der Waals surface area contributed by atoms with E-state index in [0.29, 0.717) is 13.1 Å².